The number of aromatic amines is 1. The Bertz CT molecular complexity index is 356. The summed E-state index contributed by atoms with van der Waals surface area (Å²) in [6, 6.07) is 0. The van der Waals surface area contributed by atoms with Crippen LogP contribution in [0.25, 0.3) is 11.0 Å². The molecule has 0 unspecified atom stereocenters. The second kappa shape index (κ2) is 3.85. The number of fused-ring (bicyclic) bond motifs is 1. The number of aryl methyl sites for hydroxylation is 1. The van der Waals surface area contributed by atoms with E-state index in [1.54, 1.807) is 0 Å². The van der Waals surface area contributed by atoms with Gasteiger partial charge in [-0.1, -0.05) is 13.8 Å². The highest BCUT2D eigenvalue weighted by molar-refractivity contribution is 5.77. The number of rotatable bonds is 0. The fourth-order valence-electron chi connectivity index (χ4n) is 0.988. The molecule has 0 saturated carbocycles. The second-order valence-electron chi connectivity index (χ2n) is 2.26. The average molecular weight is 165 g/mol. The van der Waals surface area contributed by atoms with Gasteiger partial charge in [-0.25, -0.2) is 9.97 Å². The van der Waals surface area contributed by atoms with Crippen LogP contribution >= 0.6 is 0 Å². The first-order valence-electron chi connectivity index (χ1n) is 4.11. The van der Waals surface area contributed by atoms with Gasteiger partial charge in [0.2, 0.25) is 0 Å². The van der Waals surface area contributed by atoms with E-state index in [9.17, 15) is 0 Å². The predicted octanol–water partition coefficient (Wildman–Crippen LogP) is 2.54. The number of hydrogen-bond donors (Lipinski definition) is 1. The second-order valence-corrected chi connectivity index (χ2v) is 2.26. The summed E-state index contributed by atoms with van der Waals surface area (Å²) < 4.78 is 0. The molecular formula is C9H15N3. The summed E-state index contributed by atoms with van der Waals surface area (Å²) in [6.45, 7) is 6.03. The highest BCUT2D eigenvalue weighted by atomic mass is 14.9. The van der Waals surface area contributed by atoms with E-state index in [2.05, 4.69) is 15.0 Å². The van der Waals surface area contributed by atoms with Gasteiger partial charge in [-0.15, -0.1) is 0 Å². The van der Waals surface area contributed by atoms with Crippen molar-refractivity contribution >= 4 is 11.0 Å². The van der Waals surface area contributed by atoms with E-state index in [0.717, 1.165) is 11.0 Å². The standard InChI is InChI=1S/C7H7N3.C2H6.H2/c1-5-2-9-7-6(5)3-8-4-10-7;1-2;/h2-4H,1H3,(H,8,9,10);1-2H3;1H. The van der Waals surface area contributed by atoms with Crippen LogP contribution in [-0.4, -0.2) is 15.0 Å². The largest absolute Gasteiger partial charge is 0.346 e. The van der Waals surface area contributed by atoms with Crippen molar-refractivity contribution in [3.63, 3.8) is 0 Å². The van der Waals surface area contributed by atoms with Crippen LogP contribution in [0.3, 0.4) is 0 Å². The van der Waals surface area contributed by atoms with Crippen molar-refractivity contribution in [1.29, 1.82) is 0 Å². The summed E-state index contributed by atoms with van der Waals surface area (Å²) >= 11 is 0. The molecule has 0 saturated heterocycles. The monoisotopic (exact) mass is 165 g/mol. The lowest BCUT2D eigenvalue weighted by atomic mass is 10.3. The summed E-state index contributed by atoms with van der Waals surface area (Å²) in [6.07, 6.45) is 5.28. The first kappa shape index (κ1) is 8.71. The van der Waals surface area contributed by atoms with Crippen molar-refractivity contribution in [2.45, 2.75) is 20.8 Å². The third kappa shape index (κ3) is 1.44. The van der Waals surface area contributed by atoms with Crippen LogP contribution in [-0.2, 0) is 0 Å². The number of nitrogens with zero attached hydrogens (tertiary/aromatic N) is 2. The molecule has 0 aliphatic carbocycles. The van der Waals surface area contributed by atoms with Gasteiger partial charge in [-0.05, 0) is 12.5 Å². The van der Waals surface area contributed by atoms with Crippen LogP contribution in [0.5, 0.6) is 0 Å². The maximum Gasteiger partial charge on any atom is 0.140 e. The van der Waals surface area contributed by atoms with Gasteiger partial charge in [0.1, 0.15) is 12.0 Å². The Morgan fingerprint density at radius 2 is 2.17 bits per heavy atom. The molecule has 2 rings (SSSR count). The van der Waals surface area contributed by atoms with Gasteiger partial charge in [0, 0.05) is 19.2 Å². The molecule has 12 heavy (non-hydrogen) atoms. The van der Waals surface area contributed by atoms with Gasteiger partial charge in [0.15, 0.2) is 0 Å². The molecule has 0 aliphatic rings. The third-order valence-corrected chi connectivity index (χ3v) is 1.56. The zero-order valence-corrected chi connectivity index (χ0v) is 7.63. The molecule has 1 N–H and O–H groups in total. The minimum Gasteiger partial charge on any atom is -0.346 e. The molecule has 2 aromatic rings. The first-order valence-corrected chi connectivity index (χ1v) is 4.11. The van der Waals surface area contributed by atoms with Crippen molar-refractivity contribution in [3.05, 3.63) is 24.3 Å². The van der Waals surface area contributed by atoms with E-state index < -0.39 is 0 Å². The minimum absolute atomic E-state index is 0. The Balaban J connectivity index is 0.000000451. The highest BCUT2D eigenvalue weighted by Gasteiger charge is 1.96. The summed E-state index contributed by atoms with van der Waals surface area (Å²) in [7, 11) is 0. The Morgan fingerprint density at radius 1 is 1.42 bits per heavy atom. The van der Waals surface area contributed by atoms with Crippen molar-refractivity contribution in [2.24, 2.45) is 0 Å². The van der Waals surface area contributed by atoms with E-state index >= 15 is 0 Å². The molecule has 0 radical (unpaired) electrons. The van der Waals surface area contributed by atoms with Crippen LogP contribution < -0.4 is 0 Å². The van der Waals surface area contributed by atoms with Crippen molar-refractivity contribution in [3.8, 4) is 0 Å². The Kier molecular flexibility index (Phi) is 2.80. The van der Waals surface area contributed by atoms with Crippen LogP contribution in [0.15, 0.2) is 18.7 Å². The molecule has 2 heterocycles. The molecule has 2 aromatic heterocycles. The number of hydrogen-bond acceptors (Lipinski definition) is 2. The topological polar surface area (TPSA) is 41.6 Å². The third-order valence-electron chi connectivity index (χ3n) is 1.56. The fraction of sp³-hybridized carbons (Fsp3) is 0.333. The van der Waals surface area contributed by atoms with E-state index in [1.165, 1.54) is 11.9 Å². The van der Waals surface area contributed by atoms with Gasteiger partial charge in [-0.2, -0.15) is 0 Å². The summed E-state index contributed by atoms with van der Waals surface area (Å²) in [4.78, 5) is 11.0. The molecular weight excluding hydrogens is 150 g/mol. The lowest BCUT2D eigenvalue weighted by molar-refractivity contribution is 1.20. The summed E-state index contributed by atoms with van der Waals surface area (Å²) in [5, 5.41) is 1.10. The Labute approximate surface area is 73.3 Å². The SMILES string of the molecule is CC.Cc1c[nH]c2ncncc12.[HH]. The number of nitrogens with one attached hydrogen (secondary N) is 1. The molecule has 0 amide bonds. The van der Waals surface area contributed by atoms with Gasteiger partial charge in [0.25, 0.3) is 0 Å². The van der Waals surface area contributed by atoms with Crippen LogP contribution in [0.4, 0.5) is 0 Å². The summed E-state index contributed by atoms with van der Waals surface area (Å²) in [5.41, 5.74) is 2.10. The lowest BCUT2D eigenvalue weighted by Crippen LogP contribution is -1.76. The molecule has 0 bridgehead atoms. The van der Waals surface area contributed by atoms with Gasteiger partial charge < -0.3 is 4.98 Å². The lowest BCUT2D eigenvalue weighted by Gasteiger charge is -1.85. The first-order chi connectivity index (χ1) is 5.88. The fourth-order valence-corrected chi connectivity index (χ4v) is 0.988. The molecule has 0 spiro atoms. The van der Waals surface area contributed by atoms with E-state index in [-0.39, 0.29) is 1.43 Å². The average Bonchev–Trinajstić information content (AvgIpc) is 2.53. The minimum atomic E-state index is 0. The number of H-pyrrole nitrogens is 1. The molecule has 3 nitrogen and oxygen atoms in total. The Hall–Kier alpha value is -1.38. The quantitative estimate of drug-likeness (QED) is 0.651. The normalized spacial score (nSPS) is 9.25. The van der Waals surface area contributed by atoms with E-state index in [4.69, 9.17) is 0 Å². The zero-order chi connectivity index (χ0) is 8.97. The predicted molar refractivity (Wildman–Crippen MR) is 52.1 cm³/mol. The number of aromatic nitrogens is 3. The molecule has 0 fully saturated rings. The van der Waals surface area contributed by atoms with Gasteiger partial charge >= 0.3 is 0 Å². The van der Waals surface area contributed by atoms with Gasteiger partial charge in [-0.3, -0.25) is 0 Å². The molecule has 0 aliphatic heterocycles. The zero-order valence-electron chi connectivity index (χ0n) is 7.63. The van der Waals surface area contributed by atoms with Gasteiger partial charge in [0.05, 0.1) is 0 Å². The van der Waals surface area contributed by atoms with E-state index in [1.807, 2.05) is 33.2 Å². The molecule has 3 heteroatoms. The van der Waals surface area contributed by atoms with Crippen molar-refractivity contribution in [1.82, 2.24) is 15.0 Å². The highest BCUT2D eigenvalue weighted by Crippen LogP contribution is 2.11. The van der Waals surface area contributed by atoms with Crippen LogP contribution in [0.1, 0.15) is 20.8 Å². The van der Waals surface area contributed by atoms with Crippen molar-refractivity contribution < 1.29 is 1.43 Å². The smallest absolute Gasteiger partial charge is 0.140 e. The molecule has 0 atom stereocenters. The maximum absolute atomic E-state index is 4.04. The molecule has 0 aromatic carbocycles. The van der Waals surface area contributed by atoms with Crippen LogP contribution in [0, 0.1) is 6.92 Å². The van der Waals surface area contributed by atoms with E-state index in [0.29, 0.717) is 0 Å². The maximum atomic E-state index is 4.04. The van der Waals surface area contributed by atoms with Crippen LogP contribution in [0.2, 0.25) is 0 Å². The summed E-state index contributed by atoms with van der Waals surface area (Å²) in [5.74, 6) is 0. The van der Waals surface area contributed by atoms with Crippen molar-refractivity contribution in [2.75, 3.05) is 0 Å². The Morgan fingerprint density at radius 3 is 2.83 bits per heavy atom. The molecule has 66 valence electrons.